The van der Waals surface area contributed by atoms with Gasteiger partial charge in [-0.05, 0) is 46.7 Å². The van der Waals surface area contributed by atoms with Crippen LogP contribution in [0.25, 0.3) is 32.9 Å². The summed E-state index contributed by atoms with van der Waals surface area (Å²) in [4.78, 5) is 24.6. The van der Waals surface area contributed by atoms with Gasteiger partial charge in [-0.25, -0.2) is 4.98 Å². The van der Waals surface area contributed by atoms with Gasteiger partial charge in [-0.15, -0.1) is 0 Å². The molecule has 3 aromatic carbocycles. The number of benzene rings is 3. The van der Waals surface area contributed by atoms with Crippen molar-refractivity contribution in [2.45, 2.75) is 0 Å². The first-order valence-corrected chi connectivity index (χ1v) is 9.46. The predicted octanol–water partition coefficient (Wildman–Crippen LogP) is 5.54. The minimum atomic E-state index is -0.248. The molecule has 0 aliphatic rings. The summed E-state index contributed by atoms with van der Waals surface area (Å²) in [5, 5.41) is 6.37. The number of H-pyrrole nitrogens is 1. The molecule has 0 fully saturated rings. The molecule has 5 nitrogen and oxygen atoms in total. The highest BCUT2D eigenvalue weighted by Crippen LogP contribution is 2.31. The molecule has 0 amide bonds. The summed E-state index contributed by atoms with van der Waals surface area (Å²) in [7, 11) is 0. The average molecular weight is 399 g/mol. The standard InChI is InChI=1S/C23H15ClN4O/c24-15-8-10-16(11-9-15)26-23-27-21-20(22(29)28-23)19(12-13-25-21)18-7-3-5-14-4-1-2-6-17(14)18/h1-13H,(H2,25,26,27,28,29). The molecule has 6 heteroatoms. The number of hydrogen-bond acceptors (Lipinski definition) is 4. The van der Waals surface area contributed by atoms with E-state index in [4.69, 9.17) is 11.6 Å². The van der Waals surface area contributed by atoms with Crippen LogP contribution in [-0.2, 0) is 0 Å². The average Bonchev–Trinajstić information content (AvgIpc) is 2.74. The maximum Gasteiger partial charge on any atom is 0.262 e. The number of halogens is 1. The second-order valence-corrected chi connectivity index (χ2v) is 7.07. The summed E-state index contributed by atoms with van der Waals surface area (Å²) in [6.45, 7) is 0. The summed E-state index contributed by atoms with van der Waals surface area (Å²) in [5.41, 5.74) is 2.68. The van der Waals surface area contributed by atoms with Crippen molar-refractivity contribution >= 4 is 45.0 Å². The molecule has 0 saturated heterocycles. The molecule has 29 heavy (non-hydrogen) atoms. The number of rotatable bonds is 3. The molecule has 5 aromatic rings. The first-order chi connectivity index (χ1) is 14.2. The number of hydrogen-bond donors (Lipinski definition) is 2. The summed E-state index contributed by atoms with van der Waals surface area (Å²) < 4.78 is 0. The summed E-state index contributed by atoms with van der Waals surface area (Å²) in [6, 6.07) is 23.2. The molecule has 0 aliphatic heterocycles. The molecular formula is C23H15ClN4O. The van der Waals surface area contributed by atoms with Crippen LogP contribution in [0.15, 0.2) is 83.8 Å². The molecule has 2 aromatic heterocycles. The normalized spacial score (nSPS) is 11.1. The molecule has 5 rings (SSSR count). The second-order valence-electron chi connectivity index (χ2n) is 6.63. The van der Waals surface area contributed by atoms with Crippen molar-refractivity contribution in [1.82, 2.24) is 15.0 Å². The number of nitrogens with one attached hydrogen (secondary N) is 2. The van der Waals surface area contributed by atoms with Gasteiger partial charge in [0.15, 0.2) is 5.65 Å². The Bertz CT molecular complexity index is 1410. The van der Waals surface area contributed by atoms with Gasteiger partial charge in [0.1, 0.15) is 0 Å². The molecule has 0 spiro atoms. The molecule has 0 saturated carbocycles. The van der Waals surface area contributed by atoms with Crippen molar-refractivity contribution in [3.63, 3.8) is 0 Å². The fourth-order valence-electron chi connectivity index (χ4n) is 3.48. The van der Waals surface area contributed by atoms with Crippen molar-refractivity contribution in [1.29, 1.82) is 0 Å². The Morgan fingerprint density at radius 1 is 0.862 bits per heavy atom. The van der Waals surface area contributed by atoms with Gasteiger partial charge < -0.3 is 5.32 Å². The Kier molecular flexibility index (Phi) is 4.22. The zero-order valence-electron chi connectivity index (χ0n) is 15.2. The number of anilines is 2. The first kappa shape index (κ1) is 17.4. The topological polar surface area (TPSA) is 70.7 Å². The maximum atomic E-state index is 13.0. The van der Waals surface area contributed by atoms with Crippen LogP contribution >= 0.6 is 11.6 Å². The van der Waals surface area contributed by atoms with E-state index in [1.54, 1.807) is 18.3 Å². The van der Waals surface area contributed by atoms with Crippen LogP contribution in [0.3, 0.4) is 0 Å². The van der Waals surface area contributed by atoms with E-state index >= 15 is 0 Å². The Labute approximate surface area is 171 Å². The van der Waals surface area contributed by atoms with Crippen LogP contribution in [-0.4, -0.2) is 15.0 Å². The highest BCUT2D eigenvalue weighted by Gasteiger charge is 2.13. The molecule has 140 valence electrons. The molecule has 0 radical (unpaired) electrons. The van der Waals surface area contributed by atoms with Crippen molar-refractivity contribution in [3.05, 3.63) is 94.4 Å². The second kappa shape index (κ2) is 7.04. The van der Waals surface area contributed by atoms with Gasteiger partial charge in [-0.2, -0.15) is 4.98 Å². The van der Waals surface area contributed by atoms with Crippen molar-refractivity contribution in [2.24, 2.45) is 0 Å². The minimum absolute atomic E-state index is 0.248. The zero-order valence-corrected chi connectivity index (χ0v) is 15.9. The van der Waals surface area contributed by atoms with Crippen LogP contribution in [0.5, 0.6) is 0 Å². The largest absolute Gasteiger partial charge is 0.326 e. The van der Waals surface area contributed by atoms with Gasteiger partial charge in [0, 0.05) is 22.5 Å². The molecule has 0 atom stereocenters. The van der Waals surface area contributed by atoms with Gasteiger partial charge in [-0.3, -0.25) is 9.78 Å². The minimum Gasteiger partial charge on any atom is -0.326 e. The Balaban J connectivity index is 1.67. The lowest BCUT2D eigenvalue weighted by Crippen LogP contribution is -2.13. The highest BCUT2D eigenvalue weighted by molar-refractivity contribution is 6.30. The molecular weight excluding hydrogens is 384 g/mol. The predicted molar refractivity (Wildman–Crippen MR) is 118 cm³/mol. The first-order valence-electron chi connectivity index (χ1n) is 9.09. The monoisotopic (exact) mass is 398 g/mol. The molecule has 0 aliphatic carbocycles. The Morgan fingerprint density at radius 2 is 1.66 bits per heavy atom. The van der Waals surface area contributed by atoms with E-state index in [0.717, 1.165) is 27.6 Å². The van der Waals surface area contributed by atoms with Gasteiger partial charge in [0.2, 0.25) is 5.95 Å². The summed E-state index contributed by atoms with van der Waals surface area (Å²) >= 11 is 5.92. The van der Waals surface area contributed by atoms with Gasteiger partial charge in [-0.1, -0.05) is 54.1 Å². The van der Waals surface area contributed by atoms with Crippen LogP contribution in [0.2, 0.25) is 5.02 Å². The smallest absolute Gasteiger partial charge is 0.262 e. The van der Waals surface area contributed by atoms with E-state index in [1.165, 1.54) is 0 Å². The van der Waals surface area contributed by atoms with Crippen LogP contribution < -0.4 is 10.9 Å². The lowest BCUT2D eigenvalue weighted by Gasteiger charge is -2.10. The summed E-state index contributed by atoms with van der Waals surface area (Å²) in [6.07, 6.45) is 1.68. The van der Waals surface area contributed by atoms with Gasteiger partial charge in [0.25, 0.3) is 5.56 Å². The highest BCUT2D eigenvalue weighted by atomic mass is 35.5. The van der Waals surface area contributed by atoms with E-state index in [2.05, 4.69) is 38.5 Å². The zero-order chi connectivity index (χ0) is 19.8. The lowest BCUT2D eigenvalue weighted by molar-refractivity contribution is 1.14. The Morgan fingerprint density at radius 3 is 2.52 bits per heavy atom. The third-order valence-electron chi connectivity index (χ3n) is 4.79. The number of fused-ring (bicyclic) bond motifs is 2. The lowest BCUT2D eigenvalue weighted by atomic mass is 9.97. The van der Waals surface area contributed by atoms with Crippen molar-refractivity contribution in [3.8, 4) is 11.1 Å². The van der Waals surface area contributed by atoms with Gasteiger partial charge in [0.05, 0.1) is 5.39 Å². The van der Waals surface area contributed by atoms with Crippen molar-refractivity contribution in [2.75, 3.05) is 5.32 Å². The Hall–Kier alpha value is -3.70. The third-order valence-corrected chi connectivity index (χ3v) is 5.05. The molecule has 2 N–H and O–H groups in total. The van der Waals surface area contributed by atoms with E-state index in [0.29, 0.717) is 22.0 Å². The molecule has 0 unspecified atom stereocenters. The van der Waals surface area contributed by atoms with E-state index < -0.39 is 0 Å². The number of aromatic nitrogens is 3. The maximum absolute atomic E-state index is 13.0. The summed E-state index contributed by atoms with van der Waals surface area (Å²) in [5.74, 6) is 0.326. The van der Waals surface area contributed by atoms with E-state index in [-0.39, 0.29) is 5.56 Å². The van der Waals surface area contributed by atoms with Gasteiger partial charge >= 0.3 is 0 Å². The van der Waals surface area contributed by atoms with E-state index in [9.17, 15) is 4.79 Å². The van der Waals surface area contributed by atoms with Crippen LogP contribution in [0.1, 0.15) is 0 Å². The number of nitrogens with zero attached hydrogens (tertiary/aromatic N) is 2. The SMILES string of the molecule is O=c1[nH]c(Nc2ccc(Cl)cc2)nc2nccc(-c3cccc4ccccc34)c12. The quantitative estimate of drug-likeness (QED) is 0.419. The number of pyridine rings is 1. The third kappa shape index (κ3) is 3.22. The fourth-order valence-corrected chi connectivity index (χ4v) is 3.60. The number of aromatic amines is 1. The molecule has 0 bridgehead atoms. The van der Waals surface area contributed by atoms with Crippen molar-refractivity contribution < 1.29 is 0 Å². The molecule has 2 heterocycles. The fraction of sp³-hybridized carbons (Fsp3) is 0. The van der Waals surface area contributed by atoms with Crippen LogP contribution in [0, 0.1) is 0 Å². The van der Waals surface area contributed by atoms with E-state index in [1.807, 2.05) is 42.5 Å². The van der Waals surface area contributed by atoms with Crippen LogP contribution in [0.4, 0.5) is 11.6 Å².